The zero-order valence-corrected chi connectivity index (χ0v) is 16.9. The molecule has 8 heteroatoms. The first kappa shape index (κ1) is 19.6. The largest absolute Gasteiger partial charge is 0.491 e. The van der Waals surface area contributed by atoms with Crippen LogP contribution in [0.25, 0.3) is 0 Å². The lowest BCUT2D eigenvalue weighted by Crippen LogP contribution is -2.29. The predicted octanol–water partition coefficient (Wildman–Crippen LogP) is 2.76. The van der Waals surface area contributed by atoms with Crippen molar-refractivity contribution in [2.24, 2.45) is 0 Å². The molecule has 7 nitrogen and oxygen atoms in total. The van der Waals surface area contributed by atoms with Gasteiger partial charge in [0.2, 0.25) is 10.0 Å². The van der Waals surface area contributed by atoms with Gasteiger partial charge in [-0.3, -0.25) is 4.79 Å². The molecule has 0 atom stereocenters. The van der Waals surface area contributed by atoms with Crippen LogP contribution in [0.2, 0.25) is 0 Å². The highest BCUT2D eigenvalue weighted by atomic mass is 32.2. The molecule has 146 valence electrons. The Hall–Kier alpha value is -2.19. The lowest BCUT2D eigenvalue weighted by Gasteiger charge is -2.15. The Kier molecular flexibility index (Phi) is 5.39. The molecule has 0 aliphatic carbocycles. The minimum atomic E-state index is -3.64. The molecule has 1 aliphatic rings. The number of hydrogen-bond donors (Lipinski definition) is 0. The van der Waals surface area contributed by atoms with Crippen LogP contribution in [-0.2, 0) is 10.0 Å². The molecule has 0 spiro atoms. The van der Waals surface area contributed by atoms with E-state index in [-0.39, 0.29) is 16.9 Å². The molecule has 1 aromatic heterocycles. The number of carbonyl (C=O) groups is 1. The average Bonchev–Trinajstić information content (AvgIpc) is 3.23. The number of carbonyl (C=O) groups excluding carboxylic acids is 1. The van der Waals surface area contributed by atoms with E-state index in [1.165, 1.54) is 8.99 Å². The second-order valence-electron chi connectivity index (χ2n) is 7.02. The van der Waals surface area contributed by atoms with Gasteiger partial charge in [0.1, 0.15) is 10.6 Å². The molecule has 0 amide bonds. The fraction of sp³-hybridized carbons (Fsp3) is 0.474. The van der Waals surface area contributed by atoms with Crippen molar-refractivity contribution in [3.05, 3.63) is 41.2 Å². The van der Waals surface area contributed by atoms with Crippen LogP contribution in [0.4, 0.5) is 0 Å². The third kappa shape index (κ3) is 3.77. The summed E-state index contributed by atoms with van der Waals surface area (Å²) in [5.41, 5.74) is 1.10. The third-order valence-electron chi connectivity index (χ3n) is 4.55. The first-order chi connectivity index (χ1) is 12.7. The number of rotatable bonds is 5. The summed E-state index contributed by atoms with van der Waals surface area (Å²) >= 11 is 0. The van der Waals surface area contributed by atoms with Gasteiger partial charge in [-0.1, -0.05) is 0 Å². The molecule has 1 aliphatic heterocycles. The van der Waals surface area contributed by atoms with Crippen LogP contribution < -0.4 is 4.74 Å². The van der Waals surface area contributed by atoms with Gasteiger partial charge in [-0.15, -0.1) is 0 Å². The monoisotopic (exact) mass is 391 g/mol. The van der Waals surface area contributed by atoms with E-state index in [0.29, 0.717) is 35.8 Å². The molecule has 2 heterocycles. The van der Waals surface area contributed by atoms with E-state index in [2.05, 4.69) is 5.10 Å². The number of sulfonamides is 1. The number of hydrogen-bond acceptors (Lipinski definition) is 5. The molecule has 1 saturated heterocycles. The molecular weight excluding hydrogens is 366 g/mol. The molecular formula is C19H25N3O4S. The van der Waals surface area contributed by atoms with Crippen LogP contribution >= 0.6 is 0 Å². The normalized spacial score (nSPS) is 15.4. The summed E-state index contributed by atoms with van der Waals surface area (Å²) in [6, 6.07) is 6.76. The van der Waals surface area contributed by atoms with Crippen LogP contribution in [0.15, 0.2) is 29.2 Å². The fourth-order valence-electron chi connectivity index (χ4n) is 3.33. The smallest absolute Gasteiger partial charge is 0.278 e. The van der Waals surface area contributed by atoms with Gasteiger partial charge >= 0.3 is 0 Å². The van der Waals surface area contributed by atoms with Crippen molar-refractivity contribution in [2.45, 2.75) is 51.5 Å². The van der Waals surface area contributed by atoms with Gasteiger partial charge in [-0.2, -0.15) is 14.1 Å². The molecule has 1 fully saturated rings. The standard InChI is InChI=1S/C19H25N3O4S/c1-13(2)26-17-9-7-16(8-10-17)19(23)22-15(4)18(14(3)20-22)27(24,25)21-11-5-6-12-21/h7-10,13H,5-6,11-12H2,1-4H3. The molecule has 0 bridgehead atoms. The number of aromatic nitrogens is 2. The Balaban J connectivity index is 1.93. The van der Waals surface area contributed by atoms with Crippen molar-refractivity contribution in [3.63, 3.8) is 0 Å². The fourth-order valence-corrected chi connectivity index (χ4v) is 5.20. The summed E-state index contributed by atoms with van der Waals surface area (Å²) in [7, 11) is -3.64. The summed E-state index contributed by atoms with van der Waals surface area (Å²) in [5, 5.41) is 4.23. The first-order valence-electron chi connectivity index (χ1n) is 9.09. The van der Waals surface area contributed by atoms with Gasteiger partial charge in [0, 0.05) is 18.7 Å². The van der Waals surface area contributed by atoms with E-state index in [4.69, 9.17) is 4.74 Å². The van der Waals surface area contributed by atoms with Gasteiger partial charge in [0.25, 0.3) is 5.91 Å². The lowest BCUT2D eigenvalue weighted by molar-refractivity contribution is 0.0942. The van der Waals surface area contributed by atoms with E-state index in [1.54, 1.807) is 38.1 Å². The van der Waals surface area contributed by atoms with Crippen LogP contribution in [0.5, 0.6) is 5.75 Å². The molecule has 3 rings (SSSR count). The maximum absolute atomic E-state index is 12.9. The maximum atomic E-state index is 12.9. The first-order valence-corrected chi connectivity index (χ1v) is 10.5. The van der Waals surface area contributed by atoms with Crippen molar-refractivity contribution >= 4 is 15.9 Å². The van der Waals surface area contributed by atoms with Crippen LogP contribution in [-0.4, -0.2) is 47.6 Å². The van der Waals surface area contributed by atoms with Gasteiger partial charge in [-0.05, 0) is 64.8 Å². The van der Waals surface area contributed by atoms with Crippen molar-refractivity contribution in [3.8, 4) is 5.75 Å². The van der Waals surface area contributed by atoms with Crippen molar-refractivity contribution in [2.75, 3.05) is 13.1 Å². The summed E-state index contributed by atoms with van der Waals surface area (Å²) < 4.78 is 34.1. The highest BCUT2D eigenvalue weighted by Gasteiger charge is 2.33. The minimum absolute atomic E-state index is 0.0425. The molecule has 27 heavy (non-hydrogen) atoms. The topological polar surface area (TPSA) is 81.5 Å². The summed E-state index contributed by atoms with van der Waals surface area (Å²) in [4.78, 5) is 13.0. The number of ether oxygens (including phenoxy) is 1. The van der Waals surface area contributed by atoms with Crippen LogP contribution in [0, 0.1) is 13.8 Å². The second-order valence-corrected chi connectivity index (χ2v) is 8.89. The Morgan fingerprint density at radius 2 is 1.70 bits per heavy atom. The number of nitrogens with zero attached hydrogens (tertiary/aromatic N) is 3. The average molecular weight is 391 g/mol. The molecule has 0 N–H and O–H groups in total. The molecule has 2 aromatic rings. The summed E-state index contributed by atoms with van der Waals surface area (Å²) in [6.07, 6.45) is 1.76. The molecule has 0 unspecified atom stereocenters. The highest BCUT2D eigenvalue weighted by Crippen LogP contribution is 2.27. The van der Waals surface area contributed by atoms with Crippen LogP contribution in [0.3, 0.4) is 0 Å². The third-order valence-corrected chi connectivity index (χ3v) is 6.70. The zero-order valence-electron chi connectivity index (χ0n) is 16.1. The van der Waals surface area contributed by atoms with Gasteiger partial charge in [0.05, 0.1) is 17.5 Å². The van der Waals surface area contributed by atoms with Gasteiger partial charge < -0.3 is 4.74 Å². The SMILES string of the molecule is Cc1nn(C(=O)c2ccc(OC(C)C)cc2)c(C)c1S(=O)(=O)N1CCCC1. The van der Waals surface area contributed by atoms with Gasteiger partial charge in [-0.25, -0.2) is 8.42 Å². The summed E-state index contributed by atoms with van der Waals surface area (Å²) in [5.74, 6) is 0.307. The number of benzene rings is 1. The minimum Gasteiger partial charge on any atom is -0.491 e. The Morgan fingerprint density at radius 3 is 2.26 bits per heavy atom. The van der Waals surface area contributed by atoms with Gasteiger partial charge in [0.15, 0.2) is 0 Å². The van der Waals surface area contributed by atoms with Crippen molar-refractivity contribution in [1.29, 1.82) is 0 Å². The van der Waals surface area contributed by atoms with E-state index in [9.17, 15) is 13.2 Å². The van der Waals surface area contributed by atoms with Crippen LogP contribution in [0.1, 0.15) is 48.4 Å². The maximum Gasteiger partial charge on any atom is 0.278 e. The van der Waals surface area contributed by atoms with E-state index >= 15 is 0 Å². The Morgan fingerprint density at radius 1 is 1.11 bits per heavy atom. The predicted molar refractivity (Wildman–Crippen MR) is 102 cm³/mol. The van der Waals surface area contributed by atoms with Crippen molar-refractivity contribution < 1.29 is 17.9 Å². The van der Waals surface area contributed by atoms with E-state index in [0.717, 1.165) is 12.8 Å². The highest BCUT2D eigenvalue weighted by molar-refractivity contribution is 7.89. The van der Waals surface area contributed by atoms with Crippen molar-refractivity contribution in [1.82, 2.24) is 14.1 Å². The molecule has 1 aromatic carbocycles. The molecule has 0 radical (unpaired) electrons. The molecule has 0 saturated carbocycles. The Labute approximate surface area is 160 Å². The van der Waals surface area contributed by atoms with E-state index in [1.807, 2.05) is 13.8 Å². The quantitative estimate of drug-likeness (QED) is 0.783. The number of aryl methyl sites for hydroxylation is 1. The lowest BCUT2D eigenvalue weighted by atomic mass is 10.2. The van der Waals surface area contributed by atoms with E-state index < -0.39 is 10.0 Å². The Bertz CT molecular complexity index is 940. The second kappa shape index (κ2) is 7.44. The summed E-state index contributed by atoms with van der Waals surface area (Å²) in [6.45, 7) is 8.13. The zero-order chi connectivity index (χ0) is 19.8.